The van der Waals surface area contributed by atoms with Crippen molar-refractivity contribution in [2.24, 2.45) is 0 Å². The number of carbonyl (C=O) groups excluding carboxylic acids is 3. The number of carbonyl (C=O) groups is 3. The summed E-state index contributed by atoms with van der Waals surface area (Å²) in [6.45, 7) is 9.20. The minimum absolute atomic E-state index is 0. The largest absolute Gasteiger partial charge is 3.00 e. The molecule has 0 fully saturated rings. The second-order valence-corrected chi connectivity index (χ2v) is 19.3. The molecule has 7 nitrogen and oxygen atoms in total. The number of hydrogen-bond acceptors (Lipinski definition) is 7. The molecule has 1 radical (unpaired) electrons. The van der Waals surface area contributed by atoms with E-state index in [4.69, 9.17) is 5.11 Å². The fourth-order valence-electron chi connectivity index (χ4n) is 8.08. The van der Waals surface area contributed by atoms with E-state index in [9.17, 15) is 29.7 Å². The molecule has 0 unspecified atom stereocenters. The summed E-state index contributed by atoms with van der Waals surface area (Å²) >= 11 is 0. The smallest absolute Gasteiger partial charge is 0.550 e. The standard InChI is InChI=1S/3C18H36O2.C4H10O.Ti/c3*1-2-3-4-5-6-7-8-9-10-11-12-13-14-15-16-17-18(19)20;1-2-3-4-5;/h3*2-17H2,1H3,(H,19,20);5H,2-4H2,1H3;/q;;;;+3/p-3. The Morgan fingerprint density at radius 1 is 0.242 bits per heavy atom. The quantitative estimate of drug-likeness (QED) is 0.0473. The van der Waals surface area contributed by atoms with E-state index < -0.39 is 17.9 Å². The topological polar surface area (TPSA) is 141 Å². The Kier molecular flexibility index (Phi) is 82.0. The molecule has 0 atom stereocenters. The maximum absolute atomic E-state index is 10.2. The van der Waals surface area contributed by atoms with E-state index in [1.165, 1.54) is 250 Å². The van der Waals surface area contributed by atoms with Gasteiger partial charge in [-0.1, -0.05) is 304 Å². The van der Waals surface area contributed by atoms with Crippen LogP contribution in [0, 0.1) is 0 Å². The zero-order valence-electron chi connectivity index (χ0n) is 45.0. The van der Waals surface area contributed by atoms with Crippen LogP contribution in [0.15, 0.2) is 0 Å². The first-order valence-corrected chi connectivity index (χ1v) is 28.9. The van der Waals surface area contributed by atoms with E-state index in [0.29, 0.717) is 6.61 Å². The monoisotopic (exact) mass is 972 g/mol. The molecule has 0 amide bonds. The predicted molar refractivity (Wildman–Crippen MR) is 276 cm³/mol. The number of aliphatic hydroxyl groups is 1. The van der Waals surface area contributed by atoms with Crippen LogP contribution >= 0.6 is 0 Å². The van der Waals surface area contributed by atoms with Gasteiger partial charge in [0.2, 0.25) is 0 Å². The van der Waals surface area contributed by atoms with Crippen molar-refractivity contribution in [1.29, 1.82) is 0 Å². The summed E-state index contributed by atoms with van der Waals surface area (Å²) in [5.74, 6) is -2.71. The number of carboxylic acid groups (broad SMARTS) is 3. The Bertz CT molecular complexity index is 764. The third-order valence-electron chi connectivity index (χ3n) is 12.5. The van der Waals surface area contributed by atoms with Crippen LogP contribution in [0.5, 0.6) is 0 Å². The van der Waals surface area contributed by atoms with Crippen molar-refractivity contribution in [2.75, 3.05) is 6.61 Å². The molecule has 0 aliphatic carbocycles. The van der Waals surface area contributed by atoms with Crippen LogP contribution in [0.25, 0.3) is 0 Å². The van der Waals surface area contributed by atoms with Crippen LogP contribution in [-0.4, -0.2) is 29.6 Å². The third-order valence-corrected chi connectivity index (χ3v) is 12.5. The van der Waals surface area contributed by atoms with Crippen molar-refractivity contribution in [2.45, 2.75) is 349 Å². The Morgan fingerprint density at radius 2 is 0.364 bits per heavy atom. The Hall–Kier alpha value is -0.916. The molecule has 0 aromatic heterocycles. The molecule has 393 valence electrons. The molecular formula is C58H115O7Ti. The molecule has 0 spiro atoms. The SMILES string of the molecule is CCCCCCCCCCCCCCCCCC(=O)[O-].CCCCCCCCCCCCCCCCCC(=O)[O-].CCCCCCCCCCCCCCCCCC(=O)[O-].CCCCO.[Ti+3]. The van der Waals surface area contributed by atoms with E-state index in [1.807, 2.05) is 0 Å². The molecule has 0 aromatic carbocycles. The molecule has 8 heteroatoms. The fraction of sp³-hybridized carbons (Fsp3) is 0.948. The summed E-state index contributed by atoms with van der Waals surface area (Å²) in [5.41, 5.74) is 0. The zero-order chi connectivity index (χ0) is 48.8. The van der Waals surface area contributed by atoms with Gasteiger partial charge in [-0.15, -0.1) is 0 Å². The van der Waals surface area contributed by atoms with Crippen LogP contribution in [0.3, 0.4) is 0 Å². The van der Waals surface area contributed by atoms with Crippen molar-refractivity contribution in [3.8, 4) is 0 Å². The van der Waals surface area contributed by atoms with Gasteiger partial charge in [-0.25, -0.2) is 0 Å². The summed E-state index contributed by atoms with van der Waals surface area (Å²) in [6, 6.07) is 0. The molecule has 0 heterocycles. The van der Waals surface area contributed by atoms with Crippen molar-refractivity contribution in [1.82, 2.24) is 0 Å². The first-order valence-electron chi connectivity index (χ1n) is 28.9. The van der Waals surface area contributed by atoms with E-state index in [-0.39, 0.29) is 41.0 Å². The maximum atomic E-state index is 10.2. The molecule has 0 aliphatic rings. The van der Waals surface area contributed by atoms with Gasteiger partial charge in [-0.3, -0.25) is 0 Å². The first kappa shape index (κ1) is 74.0. The minimum atomic E-state index is -0.903. The van der Waals surface area contributed by atoms with Gasteiger partial charge in [0.15, 0.2) is 0 Å². The van der Waals surface area contributed by atoms with Gasteiger partial charge in [0.05, 0.1) is 0 Å². The van der Waals surface area contributed by atoms with Gasteiger partial charge in [0.1, 0.15) is 0 Å². The average molecular weight is 972 g/mol. The minimum Gasteiger partial charge on any atom is -0.550 e. The van der Waals surface area contributed by atoms with Crippen LogP contribution < -0.4 is 15.3 Å². The molecule has 0 rings (SSSR count). The van der Waals surface area contributed by atoms with Crippen molar-refractivity contribution in [3.63, 3.8) is 0 Å². The molecule has 0 aliphatic heterocycles. The average Bonchev–Trinajstić information content (AvgIpc) is 3.28. The number of carboxylic acids is 3. The number of aliphatic hydroxyl groups excluding tert-OH is 1. The Balaban J connectivity index is -0.000000265. The normalized spacial score (nSPS) is 10.5. The summed E-state index contributed by atoms with van der Waals surface area (Å²) in [4.78, 5) is 30.7. The summed E-state index contributed by atoms with van der Waals surface area (Å²) in [6.07, 6.45) is 61.6. The molecule has 0 saturated carbocycles. The number of aliphatic carboxylic acids is 3. The molecule has 0 bridgehead atoms. The van der Waals surface area contributed by atoms with Gasteiger partial charge < -0.3 is 34.8 Å². The van der Waals surface area contributed by atoms with Gasteiger partial charge in [0.25, 0.3) is 0 Å². The first-order chi connectivity index (χ1) is 31.7. The van der Waals surface area contributed by atoms with Gasteiger partial charge in [-0.05, 0) is 44.9 Å². The van der Waals surface area contributed by atoms with E-state index in [0.717, 1.165) is 51.4 Å². The van der Waals surface area contributed by atoms with Crippen LogP contribution in [0.4, 0.5) is 0 Å². The number of hydrogen-bond donors (Lipinski definition) is 1. The molecular weight excluding hydrogens is 856 g/mol. The Morgan fingerprint density at radius 3 is 0.455 bits per heavy atom. The van der Waals surface area contributed by atoms with Gasteiger partial charge >= 0.3 is 21.7 Å². The van der Waals surface area contributed by atoms with Gasteiger partial charge in [0, 0.05) is 24.5 Å². The van der Waals surface area contributed by atoms with Crippen molar-refractivity contribution >= 4 is 17.9 Å². The molecule has 0 saturated heterocycles. The Labute approximate surface area is 427 Å². The van der Waals surface area contributed by atoms with E-state index in [1.54, 1.807) is 0 Å². The number of unbranched alkanes of at least 4 members (excludes halogenated alkanes) is 43. The van der Waals surface area contributed by atoms with Gasteiger partial charge in [-0.2, -0.15) is 0 Å². The van der Waals surface area contributed by atoms with Crippen molar-refractivity contribution < 1.29 is 56.5 Å². The summed E-state index contributed by atoms with van der Waals surface area (Å²) in [7, 11) is 0. The van der Waals surface area contributed by atoms with Crippen molar-refractivity contribution in [3.05, 3.63) is 0 Å². The fourth-order valence-corrected chi connectivity index (χ4v) is 8.08. The molecule has 66 heavy (non-hydrogen) atoms. The maximum Gasteiger partial charge on any atom is 3.00 e. The van der Waals surface area contributed by atoms with Crippen LogP contribution in [-0.2, 0) is 36.1 Å². The molecule has 0 aromatic rings. The second kappa shape index (κ2) is 73.1. The number of rotatable bonds is 50. The van der Waals surface area contributed by atoms with Crippen LogP contribution in [0.2, 0.25) is 0 Å². The molecule has 1 N–H and O–H groups in total. The van der Waals surface area contributed by atoms with E-state index in [2.05, 4.69) is 27.7 Å². The third kappa shape index (κ3) is 89.6. The summed E-state index contributed by atoms with van der Waals surface area (Å²) in [5, 5.41) is 38.7. The zero-order valence-corrected chi connectivity index (χ0v) is 46.5. The predicted octanol–water partition coefficient (Wildman–Crippen LogP) is 15.8. The second-order valence-electron chi connectivity index (χ2n) is 19.3. The van der Waals surface area contributed by atoms with E-state index >= 15 is 0 Å². The van der Waals surface area contributed by atoms with Crippen LogP contribution in [0.1, 0.15) is 349 Å². The summed E-state index contributed by atoms with van der Waals surface area (Å²) < 4.78 is 0.